The van der Waals surface area contributed by atoms with E-state index in [4.69, 9.17) is 25.5 Å². The lowest BCUT2D eigenvalue weighted by Gasteiger charge is -1.97. The average Bonchev–Trinajstić information content (AvgIpc) is 2.37. The average molecular weight is 266 g/mol. The van der Waals surface area contributed by atoms with Gasteiger partial charge >= 0.3 is 5.97 Å². The number of aliphatic carboxylic acids is 1. The van der Waals surface area contributed by atoms with Gasteiger partial charge in [0, 0.05) is 5.57 Å². The first-order valence-corrected chi connectivity index (χ1v) is 5.73. The molecular weight excluding hydrogens is 240 g/mol. The summed E-state index contributed by atoms with van der Waals surface area (Å²) in [5, 5.41) is 40.9. The van der Waals surface area contributed by atoms with Crippen molar-refractivity contribution in [3.63, 3.8) is 0 Å². The zero-order chi connectivity index (χ0) is 15.1. The van der Waals surface area contributed by atoms with E-state index in [1.54, 1.807) is 0 Å². The van der Waals surface area contributed by atoms with Gasteiger partial charge < -0.3 is 25.5 Å². The Balaban J connectivity index is -0.000000187. The molecule has 0 heterocycles. The summed E-state index contributed by atoms with van der Waals surface area (Å²) in [4.78, 5) is 9.60. The molecule has 0 aromatic carbocycles. The van der Waals surface area contributed by atoms with E-state index in [2.05, 4.69) is 6.58 Å². The standard InChI is InChI=1S/C4H6O2.2C4H10O2/c1-3(2)4(5)6;2*1-2-4(6)3-5/h1H2,2H3,(H,5,6);2*4-6H,2-3H2,1H3. The number of hydrogen-bond acceptors (Lipinski definition) is 5. The molecule has 0 saturated carbocycles. The van der Waals surface area contributed by atoms with Crippen LogP contribution < -0.4 is 0 Å². The molecule has 0 amide bonds. The van der Waals surface area contributed by atoms with Crippen LogP contribution in [0.25, 0.3) is 0 Å². The molecule has 0 aliphatic rings. The van der Waals surface area contributed by atoms with Crippen molar-refractivity contribution < 1.29 is 30.3 Å². The summed E-state index contributed by atoms with van der Waals surface area (Å²) in [5.74, 6) is -0.935. The third-order valence-electron chi connectivity index (χ3n) is 1.73. The summed E-state index contributed by atoms with van der Waals surface area (Å²) >= 11 is 0. The van der Waals surface area contributed by atoms with Crippen LogP contribution >= 0.6 is 0 Å². The van der Waals surface area contributed by atoms with Gasteiger partial charge in [-0.05, 0) is 19.8 Å². The summed E-state index contributed by atoms with van der Waals surface area (Å²) in [6.07, 6.45) is 0.252. The van der Waals surface area contributed by atoms with Crippen LogP contribution in [0.2, 0.25) is 0 Å². The highest BCUT2D eigenvalue weighted by atomic mass is 16.4. The Morgan fingerprint density at radius 1 is 1.06 bits per heavy atom. The number of carbonyl (C=O) groups is 1. The molecule has 0 radical (unpaired) electrons. The normalized spacial score (nSPS) is 12.2. The van der Waals surface area contributed by atoms with Crippen molar-refractivity contribution in [3.8, 4) is 0 Å². The molecule has 2 atom stereocenters. The molecule has 0 rings (SSSR count). The maximum absolute atomic E-state index is 9.60. The van der Waals surface area contributed by atoms with Gasteiger partial charge in [-0.2, -0.15) is 0 Å². The van der Waals surface area contributed by atoms with Crippen LogP contribution in [0.5, 0.6) is 0 Å². The van der Waals surface area contributed by atoms with E-state index in [0.29, 0.717) is 12.8 Å². The maximum atomic E-state index is 9.60. The molecule has 5 N–H and O–H groups in total. The van der Waals surface area contributed by atoms with Crippen LogP contribution in [-0.2, 0) is 4.79 Å². The Labute approximate surface area is 108 Å². The Bertz CT molecular complexity index is 175. The van der Waals surface area contributed by atoms with Gasteiger partial charge in [0.2, 0.25) is 0 Å². The van der Waals surface area contributed by atoms with Crippen LogP contribution in [0.1, 0.15) is 33.6 Å². The molecule has 110 valence electrons. The van der Waals surface area contributed by atoms with Crippen molar-refractivity contribution in [3.05, 3.63) is 12.2 Å². The number of aliphatic hydroxyl groups excluding tert-OH is 4. The topological polar surface area (TPSA) is 118 Å². The second-order valence-electron chi connectivity index (χ2n) is 3.57. The van der Waals surface area contributed by atoms with Crippen LogP contribution in [-0.4, -0.2) is 56.9 Å². The Hall–Kier alpha value is -0.950. The third-order valence-corrected chi connectivity index (χ3v) is 1.73. The minimum absolute atomic E-state index is 0.115. The lowest BCUT2D eigenvalue weighted by molar-refractivity contribution is -0.132. The van der Waals surface area contributed by atoms with Gasteiger partial charge in [0.1, 0.15) is 0 Å². The molecule has 0 aliphatic heterocycles. The van der Waals surface area contributed by atoms with E-state index in [9.17, 15) is 4.79 Å². The van der Waals surface area contributed by atoms with Crippen molar-refractivity contribution >= 4 is 5.97 Å². The molecule has 6 heteroatoms. The van der Waals surface area contributed by atoms with Crippen molar-refractivity contribution in [1.29, 1.82) is 0 Å². The summed E-state index contributed by atoms with van der Waals surface area (Å²) < 4.78 is 0. The molecule has 0 saturated heterocycles. The number of carboxylic acid groups (broad SMARTS) is 1. The maximum Gasteiger partial charge on any atom is 0.330 e. The lowest BCUT2D eigenvalue weighted by atomic mass is 10.3. The van der Waals surface area contributed by atoms with Crippen LogP contribution in [0, 0.1) is 0 Å². The number of hydrogen-bond donors (Lipinski definition) is 5. The second kappa shape index (κ2) is 16.1. The Kier molecular flexibility index (Phi) is 19.8. The van der Waals surface area contributed by atoms with Gasteiger partial charge in [0.05, 0.1) is 25.4 Å². The highest BCUT2D eigenvalue weighted by Crippen LogP contribution is 1.84. The van der Waals surface area contributed by atoms with Gasteiger partial charge in [-0.25, -0.2) is 4.79 Å². The van der Waals surface area contributed by atoms with E-state index >= 15 is 0 Å². The molecule has 0 spiro atoms. The molecule has 0 aromatic rings. The monoisotopic (exact) mass is 266 g/mol. The van der Waals surface area contributed by atoms with Crippen LogP contribution in [0.15, 0.2) is 12.2 Å². The van der Waals surface area contributed by atoms with Gasteiger partial charge in [0.25, 0.3) is 0 Å². The minimum Gasteiger partial charge on any atom is -0.478 e. The molecule has 2 unspecified atom stereocenters. The largest absolute Gasteiger partial charge is 0.478 e. The van der Waals surface area contributed by atoms with E-state index in [0.717, 1.165) is 0 Å². The molecule has 0 fully saturated rings. The third kappa shape index (κ3) is 24.3. The second-order valence-corrected chi connectivity index (χ2v) is 3.57. The zero-order valence-electron chi connectivity index (χ0n) is 11.3. The summed E-state index contributed by atoms with van der Waals surface area (Å²) in [6, 6.07) is 0. The van der Waals surface area contributed by atoms with Crippen LogP contribution in [0.4, 0.5) is 0 Å². The van der Waals surface area contributed by atoms with E-state index in [1.165, 1.54) is 6.92 Å². The Morgan fingerprint density at radius 2 is 1.28 bits per heavy atom. The first-order chi connectivity index (χ1) is 8.26. The first-order valence-electron chi connectivity index (χ1n) is 5.73. The first kappa shape index (κ1) is 22.2. The van der Waals surface area contributed by atoms with E-state index in [1.807, 2.05) is 13.8 Å². The number of aliphatic hydroxyl groups is 4. The molecule has 18 heavy (non-hydrogen) atoms. The van der Waals surface area contributed by atoms with Crippen LogP contribution in [0.3, 0.4) is 0 Å². The lowest BCUT2D eigenvalue weighted by Crippen LogP contribution is -2.08. The van der Waals surface area contributed by atoms with Gasteiger partial charge in [0.15, 0.2) is 0 Å². The molecule has 6 nitrogen and oxygen atoms in total. The summed E-state index contributed by atoms with van der Waals surface area (Å²) in [6.45, 7) is 8.01. The highest BCUT2D eigenvalue weighted by molar-refractivity contribution is 5.84. The minimum atomic E-state index is -0.935. The Morgan fingerprint density at radius 3 is 1.28 bits per heavy atom. The highest BCUT2D eigenvalue weighted by Gasteiger charge is 1.92. The SMILES string of the molecule is C=C(C)C(=O)O.CCC(O)CO.CCC(O)CO. The quantitative estimate of drug-likeness (QED) is 0.452. The number of carboxylic acids is 1. The van der Waals surface area contributed by atoms with Gasteiger partial charge in [-0.15, -0.1) is 0 Å². The zero-order valence-corrected chi connectivity index (χ0v) is 11.3. The smallest absolute Gasteiger partial charge is 0.330 e. The fraction of sp³-hybridized carbons (Fsp3) is 0.750. The summed E-state index contributed by atoms with van der Waals surface area (Å²) in [7, 11) is 0. The number of rotatable bonds is 5. The van der Waals surface area contributed by atoms with Crippen molar-refractivity contribution in [2.45, 2.75) is 45.8 Å². The molecular formula is C12H26O6. The molecule has 0 aromatic heterocycles. The predicted molar refractivity (Wildman–Crippen MR) is 69.2 cm³/mol. The van der Waals surface area contributed by atoms with Crippen molar-refractivity contribution in [2.75, 3.05) is 13.2 Å². The molecule has 0 aliphatic carbocycles. The van der Waals surface area contributed by atoms with Crippen molar-refractivity contribution in [2.24, 2.45) is 0 Å². The van der Waals surface area contributed by atoms with E-state index < -0.39 is 18.2 Å². The van der Waals surface area contributed by atoms with Gasteiger partial charge in [-0.3, -0.25) is 0 Å². The van der Waals surface area contributed by atoms with E-state index in [-0.39, 0.29) is 18.8 Å². The fourth-order valence-electron chi connectivity index (χ4n) is 0.258. The van der Waals surface area contributed by atoms with Crippen molar-refractivity contribution in [1.82, 2.24) is 0 Å². The summed E-state index contributed by atoms with van der Waals surface area (Å²) in [5.41, 5.74) is 0.176. The molecule has 0 bridgehead atoms. The van der Waals surface area contributed by atoms with Gasteiger partial charge in [-0.1, -0.05) is 20.4 Å². The fourth-order valence-corrected chi connectivity index (χ4v) is 0.258. The predicted octanol–water partition coefficient (Wildman–Crippen LogP) is 0.146.